The van der Waals surface area contributed by atoms with Gasteiger partial charge < -0.3 is 9.72 Å². The Hall–Kier alpha value is -2.50. The van der Waals surface area contributed by atoms with Crippen molar-refractivity contribution in [2.75, 3.05) is 13.1 Å². The first-order valence-corrected chi connectivity index (χ1v) is 13.6. The van der Waals surface area contributed by atoms with E-state index in [1.807, 2.05) is 54.6 Å². The van der Waals surface area contributed by atoms with Gasteiger partial charge in [0.25, 0.3) is 0 Å². The number of aromatic nitrogens is 1. The van der Waals surface area contributed by atoms with Gasteiger partial charge in [0, 0.05) is 63.4 Å². The number of rotatable bonds is 4. The molecule has 1 saturated heterocycles. The Morgan fingerprint density at radius 3 is 2.14 bits per heavy atom. The van der Waals surface area contributed by atoms with Crippen LogP contribution in [0.4, 0.5) is 0 Å². The second-order valence-electron chi connectivity index (χ2n) is 10.5. The Labute approximate surface area is 232 Å². The molecule has 1 aliphatic rings. The third-order valence-corrected chi connectivity index (χ3v) is 7.99. The van der Waals surface area contributed by atoms with Gasteiger partial charge in [-0.1, -0.05) is 59.1 Å². The number of aromatic amines is 1. The van der Waals surface area contributed by atoms with E-state index in [4.69, 9.17) is 39.5 Å². The van der Waals surface area contributed by atoms with E-state index in [0.29, 0.717) is 31.9 Å². The summed E-state index contributed by atoms with van der Waals surface area (Å²) in [6.45, 7) is 8.60. The summed E-state index contributed by atoms with van der Waals surface area (Å²) >= 11 is 20.3. The number of nitrogens with one attached hydrogen (secondary N) is 1. The summed E-state index contributed by atoms with van der Waals surface area (Å²) in [7, 11) is 0. The Kier molecular flexibility index (Phi) is 7.30. The lowest BCUT2D eigenvalue weighted by Gasteiger charge is -2.41. The second kappa shape index (κ2) is 10.3. The maximum atomic E-state index is 12.3. The molecular weight excluding hydrogens is 527 g/mol. The van der Waals surface area contributed by atoms with Crippen molar-refractivity contribution < 1.29 is 4.74 Å². The molecule has 0 spiro atoms. The first kappa shape index (κ1) is 26.1. The van der Waals surface area contributed by atoms with E-state index in [-0.39, 0.29) is 17.2 Å². The van der Waals surface area contributed by atoms with Gasteiger partial charge in [0.15, 0.2) is 0 Å². The number of likely N-dealkylation sites (tertiary alicyclic amines) is 1. The minimum atomic E-state index is -0.189. The van der Waals surface area contributed by atoms with Crippen LogP contribution in [0, 0.1) is 0 Å². The van der Waals surface area contributed by atoms with Gasteiger partial charge in [-0.15, -0.1) is 0 Å². The lowest BCUT2D eigenvalue weighted by molar-refractivity contribution is 0.0494. The Bertz CT molecular complexity index is 1500. The minimum Gasteiger partial charge on any atom is -0.490 e. The smallest absolute Gasteiger partial charge is 0.248 e. The number of nitrogens with zero attached hydrogens (tertiary/aromatic N) is 1. The molecule has 0 radical (unpaired) electrons. The Balaban J connectivity index is 1.75. The van der Waals surface area contributed by atoms with Gasteiger partial charge in [-0.2, -0.15) is 0 Å². The number of hydrogen-bond acceptors (Lipinski definition) is 3. The maximum absolute atomic E-state index is 12.3. The predicted molar refractivity (Wildman–Crippen MR) is 155 cm³/mol. The number of hydrogen-bond donors (Lipinski definition) is 1. The standard InChI is InChI=1S/C30H29Cl3N2O2/c1-30(2,3)35-15-13-18(14-16-35)37-25-17-24-20(11-12-26(36)34-24)27(19-7-4-5-8-21(19)31)29(25)28-22(32)9-6-10-23(28)33/h4-12,17-18H,13-16H2,1-3H3,(H,34,36). The van der Waals surface area contributed by atoms with Gasteiger partial charge in [-0.3, -0.25) is 9.69 Å². The van der Waals surface area contributed by atoms with E-state index in [1.165, 1.54) is 6.07 Å². The molecule has 5 rings (SSSR count). The summed E-state index contributed by atoms with van der Waals surface area (Å²) in [5.41, 5.74) is 3.65. The lowest BCUT2D eigenvalue weighted by atomic mass is 9.89. The SMILES string of the molecule is CC(C)(C)N1CCC(Oc2cc3[nH]c(=O)ccc3c(-c3ccccc3Cl)c2-c2c(Cl)cccc2Cl)CC1. The van der Waals surface area contributed by atoms with Crippen LogP contribution in [0.25, 0.3) is 33.2 Å². The minimum absolute atomic E-state index is 0.00518. The average molecular weight is 556 g/mol. The van der Waals surface area contributed by atoms with Crippen LogP contribution in [-0.4, -0.2) is 34.6 Å². The molecule has 0 unspecified atom stereocenters. The molecule has 0 bridgehead atoms. The molecule has 1 aromatic heterocycles. The van der Waals surface area contributed by atoms with Crippen LogP contribution in [0.3, 0.4) is 0 Å². The molecular formula is C30H29Cl3N2O2. The number of fused-ring (bicyclic) bond motifs is 1. The van der Waals surface area contributed by atoms with Gasteiger partial charge >= 0.3 is 0 Å². The number of piperidine rings is 1. The van der Waals surface area contributed by atoms with Crippen LogP contribution < -0.4 is 10.3 Å². The normalized spacial score (nSPS) is 15.3. The van der Waals surface area contributed by atoms with Gasteiger partial charge in [-0.25, -0.2) is 0 Å². The summed E-state index contributed by atoms with van der Waals surface area (Å²) in [6.07, 6.45) is 1.78. The Morgan fingerprint density at radius 1 is 0.838 bits per heavy atom. The molecule has 1 N–H and O–H groups in total. The van der Waals surface area contributed by atoms with Crippen molar-refractivity contribution in [2.24, 2.45) is 0 Å². The highest BCUT2D eigenvalue weighted by Gasteiger charge is 2.30. The van der Waals surface area contributed by atoms with Crippen LogP contribution in [0.1, 0.15) is 33.6 Å². The largest absolute Gasteiger partial charge is 0.490 e. The molecule has 4 nitrogen and oxygen atoms in total. The second-order valence-corrected chi connectivity index (χ2v) is 11.7. The fraction of sp³-hybridized carbons (Fsp3) is 0.300. The molecule has 37 heavy (non-hydrogen) atoms. The molecule has 1 aliphatic heterocycles. The quantitative estimate of drug-likeness (QED) is 0.275. The highest BCUT2D eigenvalue weighted by atomic mass is 35.5. The fourth-order valence-corrected chi connectivity index (χ4v) is 5.95. The molecule has 0 atom stereocenters. The van der Waals surface area contributed by atoms with Crippen molar-refractivity contribution in [3.8, 4) is 28.0 Å². The number of ether oxygens (including phenoxy) is 1. The lowest BCUT2D eigenvalue weighted by Crippen LogP contribution is -2.48. The third-order valence-electron chi connectivity index (χ3n) is 7.03. The van der Waals surface area contributed by atoms with Gasteiger partial charge in [0.1, 0.15) is 11.9 Å². The topological polar surface area (TPSA) is 45.3 Å². The summed E-state index contributed by atoms with van der Waals surface area (Å²) in [6, 6.07) is 18.3. The van der Waals surface area contributed by atoms with E-state index in [0.717, 1.165) is 48.0 Å². The fourth-order valence-electron chi connectivity index (χ4n) is 5.13. The molecule has 1 fully saturated rings. The zero-order chi connectivity index (χ0) is 26.3. The summed E-state index contributed by atoms with van der Waals surface area (Å²) in [4.78, 5) is 17.8. The molecule has 0 aliphatic carbocycles. The predicted octanol–water partition coefficient (Wildman–Crippen LogP) is 8.46. The maximum Gasteiger partial charge on any atom is 0.248 e. The summed E-state index contributed by atoms with van der Waals surface area (Å²) in [5.74, 6) is 0.619. The highest BCUT2D eigenvalue weighted by molar-refractivity contribution is 6.40. The zero-order valence-corrected chi connectivity index (χ0v) is 23.3. The number of benzene rings is 3. The van der Waals surface area contributed by atoms with Crippen molar-refractivity contribution >= 4 is 45.7 Å². The summed E-state index contributed by atoms with van der Waals surface area (Å²) in [5, 5.41) is 2.43. The van der Waals surface area contributed by atoms with Crippen LogP contribution in [0.5, 0.6) is 5.75 Å². The number of halogens is 3. The summed E-state index contributed by atoms with van der Waals surface area (Å²) < 4.78 is 6.75. The highest BCUT2D eigenvalue weighted by Crippen LogP contribution is 2.50. The monoisotopic (exact) mass is 554 g/mol. The average Bonchev–Trinajstić information content (AvgIpc) is 2.84. The molecule has 0 saturated carbocycles. The van der Waals surface area contributed by atoms with Crippen molar-refractivity contribution in [3.05, 3.63) is 86.1 Å². The molecule has 192 valence electrons. The van der Waals surface area contributed by atoms with Gasteiger partial charge in [0.2, 0.25) is 5.56 Å². The first-order chi connectivity index (χ1) is 17.6. The van der Waals surface area contributed by atoms with E-state index >= 15 is 0 Å². The van der Waals surface area contributed by atoms with Crippen molar-refractivity contribution in [2.45, 2.75) is 45.3 Å². The molecule has 0 amide bonds. The van der Waals surface area contributed by atoms with Crippen LogP contribution in [0.2, 0.25) is 15.1 Å². The number of H-pyrrole nitrogens is 1. The van der Waals surface area contributed by atoms with Crippen molar-refractivity contribution in [1.29, 1.82) is 0 Å². The van der Waals surface area contributed by atoms with E-state index in [1.54, 1.807) is 0 Å². The zero-order valence-electron chi connectivity index (χ0n) is 21.1. The molecule has 2 heterocycles. The molecule has 4 aromatic rings. The number of pyridine rings is 1. The van der Waals surface area contributed by atoms with Crippen LogP contribution >= 0.6 is 34.8 Å². The van der Waals surface area contributed by atoms with Crippen LogP contribution in [-0.2, 0) is 0 Å². The van der Waals surface area contributed by atoms with E-state index in [9.17, 15) is 4.79 Å². The van der Waals surface area contributed by atoms with Crippen LogP contribution in [0.15, 0.2) is 65.5 Å². The van der Waals surface area contributed by atoms with Crippen molar-refractivity contribution in [3.63, 3.8) is 0 Å². The van der Waals surface area contributed by atoms with Crippen molar-refractivity contribution in [1.82, 2.24) is 9.88 Å². The van der Waals surface area contributed by atoms with E-state index in [2.05, 4.69) is 30.7 Å². The first-order valence-electron chi connectivity index (χ1n) is 12.4. The van der Waals surface area contributed by atoms with Gasteiger partial charge in [0.05, 0.1) is 15.6 Å². The van der Waals surface area contributed by atoms with Gasteiger partial charge in [-0.05, 0) is 57.9 Å². The Morgan fingerprint density at radius 2 is 1.49 bits per heavy atom. The third kappa shape index (κ3) is 5.26. The molecule has 7 heteroatoms. The molecule has 3 aromatic carbocycles. The van der Waals surface area contributed by atoms with E-state index < -0.39 is 0 Å².